The lowest BCUT2D eigenvalue weighted by atomic mass is 9.86. The van der Waals surface area contributed by atoms with Gasteiger partial charge in [0, 0.05) is 29.4 Å². The third kappa shape index (κ3) is 4.46. The van der Waals surface area contributed by atoms with E-state index in [0.717, 1.165) is 19.1 Å². The molecule has 0 bridgehead atoms. The van der Waals surface area contributed by atoms with Gasteiger partial charge in [0.05, 0.1) is 7.11 Å². The number of methoxy groups -OCH3 is 1. The number of ether oxygens (including phenoxy) is 2. The molecule has 1 aliphatic heterocycles. The maximum Gasteiger partial charge on any atom is 0.417 e. The summed E-state index contributed by atoms with van der Waals surface area (Å²) in [6.45, 7) is 0.848. The molecule has 2 heterocycles. The Morgan fingerprint density at radius 2 is 2.00 bits per heavy atom. The number of hydrogen-bond acceptors (Lipinski definition) is 5. The van der Waals surface area contributed by atoms with Gasteiger partial charge in [-0.15, -0.1) is 0 Å². The average molecular weight is 441 g/mol. The van der Waals surface area contributed by atoms with Gasteiger partial charge in [-0.25, -0.2) is 4.39 Å². The molecular formula is C20H19F4N3O4. The first-order valence-electron chi connectivity index (χ1n) is 9.10. The second kappa shape index (κ2) is 8.14. The molecule has 0 unspecified atom stereocenters. The lowest BCUT2D eigenvalue weighted by Gasteiger charge is -2.27. The van der Waals surface area contributed by atoms with Crippen molar-refractivity contribution in [2.75, 3.05) is 12.4 Å². The lowest BCUT2D eigenvalue weighted by molar-refractivity contribution is -0.261. The number of rotatable bonds is 5. The fraction of sp³-hybridized carbons (Fsp3) is 0.350. The SMILES string of the molecule is COc1cc(F)ccc1[C@H]1C[C@](C)(C(F)(F)F)O[C@@H]1C(=O)Nc1ccnc(C(N)=O)c1. The van der Waals surface area contributed by atoms with Crippen molar-refractivity contribution >= 4 is 17.5 Å². The Labute approximate surface area is 174 Å². The number of anilines is 1. The summed E-state index contributed by atoms with van der Waals surface area (Å²) in [5.41, 5.74) is 2.70. The maximum atomic E-state index is 13.7. The second-order valence-corrected chi connectivity index (χ2v) is 7.25. The third-order valence-corrected chi connectivity index (χ3v) is 5.09. The fourth-order valence-corrected chi connectivity index (χ4v) is 3.48. The van der Waals surface area contributed by atoms with Crippen molar-refractivity contribution in [3.63, 3.8) is 0 Å². The predicted molar refractivity (Wildman–Crippen MR) is 101 cm³/mol. The van der Waals surface area contributed by atoms with E-state index >= 15 is 0 Å². The topological polar surface area (TPSA) is 104 Å². The number of alkyl halides is 3. The summed E-state index contributed by atoms with van der Waals surface area (Å²) in [6, 6.07) is 5.89. The molecule has 0 saturated carbocycles. The molecular weight excluding hydrogens is 422 g/mol. The highest BCUT2D eigenvalue weighted by molar-refractivity contribution is 5.97. The first-order valence-corrected chi connectivity index (χ1v) is 9.10. The smallest absolute Gasteiger partial charge is 0.417 e. The average Bonchev–Trinajstić information content (AvgIpc) is 3.07. The Kier molecular flexibility index (Phi) is 5.90. The number of amides is 2. The first-order chi connectivity index (χ1) is 14.4. The third-order valence-electron chi connectivity index (χ3n) is 5.09. The molecule has 1 fully saturated rings. The molecule has 3 atom stereocenters. The number of halogens is 4. The molecule has 31 heavy (non-hydrogen) atoms. The molecule has 2 aromatic rings. The highest BCUT2D eigenvalue weighted by Gasteiger charge is 2.61. The summed E-state index contributed by atoms with van der Waals surface area (Å²) in [7, 11) is 1.24. The van der Waals surface area contributed by atoms with Crippen LogP contribution in [-0.4, -0.2) is 41.8 Å². The number of carbonyl (C=O) groups is 2. The molecule has 1 aromatic heterocycles. The Hall–Kier alpha value is -3.21. The van der Waals surface area contributed by atoms with Gasteiger partial charge < -0.3 is 20.5 Å². The lowest BCUT2D eigenvalue weighted by Crippen LogP contribution is -2.43. The van der Waals surface area contributed by atoms with E-state index < -0.39 is 47.9 Å². The van der Waals surface area contributed by atoms with Crippen LogP contribution in [0.1, 0.15) is 35.3 Å². The molecule has 1 saturated heterocycles. The molecule has 0 spiro atoms. The van der Waals surface area contributed by atoms with E-state index in [-0.39, 0.29) is 22.7 Å². The summed E-state index contributed by atoms with van der Waals surface area (Å²) in [4.78, 5) is 27.9. The predicted octanol–water partition coefficient (Wildman–Crippen LogP) is 3.16. The summed E-state index contributed by atoms with van der Waals surface area (Å²) in [5.74, 6) is -3.45. The van der Waals surface area contributed by atoms with Crippen LogP contribution in [0.4, 0.5) is 23.2 Å². The van der Waals surface area contributed by atoms with Crippen LogP contribution in [0.2, 0.25) is 0 Å². The van der Waals surface area contributed by atoms with Crippen LogP contribution in [0.15, 0.2) is 36.5 Å². The van der Waals surface area contributed by atoms with E-state index in [1.165, 1.54) is 31.5 Å². The number of nitrogens with zero attached hydrogens (tertiary/aromatic N) is 1. The van der Waals surface area contributed by atoms with Crippen molar-refractivity contribution in [1.29, 1.82) is 0 Å². The zero-order chi connectivity index (χ0) is 23.0. The van der Waals surface area contributed by atoms with E-state index in [2.05, 4.69) is 10.3 Å². The van der Waals surface area contributed by atoms with E-state index in [9.17, 15) is 27.2 Å². The Morgan fingerprint density at radius 1 is 1.29 bits per heavy atom. The zero-order valence-electron chi connectivity index (χ0n) is 16.5. The van der Waals surface area contributed by atoms with Crippen molar-refractivity contribution in [3.05, 3.63) is 53.6 Å². The molecule has 11 heteroatoms. The second-order valence-electron chi connectivity index (χ2n) is 7.25. The minimum absolute atomic E-state index is 0.00208. The van der Waals surface area contributed by atoms with Gasteiger partial charge in [-0.2, -0.15) is 13.2 Å². The van der Waals surface area contributed by atoms with Crippen LogP contribution in [0.25, 0.3) is 0 Å². The van der Waals surface area contributed by atoms with Crippen molar-refractivity contribution in [2.24, 2.45) is 5.73 Å². The molecule has 166 valence electrons. The number of nitrogens with one attached hydrogen (secondary N) is 1. The molecule has 1 aliphatic rings. The number of pyridine rings is 1. The summed E-state index contributed by atoms with van der Waals surface area (Å²) in [6.07, 6.45) is -5.70. The van der Waals surface area contributed by atoms with E-state index in [4.69, 9.17) is 15.2 Å². The van der Waals surface area contributed by atoms with Crippen LogP contribution in [0.5, 0.6) is 5.75 Å². The van der Waals surface area contributed by atoms with Crippen LogP contribution in [0.3, 0.4) is 0 Å². The standard InChI is InChI=1S/C20H19F4N3O4/c1-19(20(22,23)24)9-13(12-4-3-10(21)7-15(12)30-2)16(31-19)18(29)27-11-5-6-26-14(8-11)17(25)28/h3-8,13,16H,9H2,1-2H3,(H2,25,28)(H,26,27,29)/t13-,16+,19-/m1/s1. The molecule has 0 radical (unpaired) electrons. The van der Waals surface area contributed by atoms with Gasteiger partial charge >= 0.3 is 6.18 Å². The van der Waals surface area contributed by atoms with Crippen molar-refractivity contribution in [1.82, 2.24) is 4.98 Å². The minimum atomic E-state index is -4.76. The van der Waals surface area contributed by atoms with Gasteiger partial charge in [-0.3, -0.25) is 14.6 Å². The molecule has 0 aliphatic carbocycles. The zero-order valence-corrected chi connectivity index (χ0v) is 16.5. The summed E-state index contributed by atoms with van der Waals surface area (Å²) < 4.78 is 65.0. The molecule has 2 amide bonds. The molecule has 3 rings (SSSR count). The Bertz CT molecular complexity index is 1010. The quantitative estimate of drug-likeness (QED) is 0.694. The fourth-order valence-electron chi connectivity index (χ4n) is 3.48. The van der Waals surface area contributed by atoms with Crippen LogP contribution in [0, 0.1) is 5.82 Å². The van der Waals surface area contributed by atoms with Crippen molar-refractivity contribution in [3.8, 4) is 5.75 Å². The highest BCUT2D eigenvalue weighted by atomic mass is 19.4. The number of hydrogen-bond donors (Lipinski definition) is 2. The van der Waals surface area contributed by atoms with Crippen molar-refractivity contribution < 1.29 is 36.6 Å². The monoisotopic (exact) mass is 441 g/mol. The van der Waals surface area contributed by atoms with Gasteiger partial charge in [-0.05, 0) is 31.5 Å². The van der Waals surface area contributed by atoms with Gasteiger partial charge in [0.25, 0.3) is 11.8 Å². The molecule has 7 nitrogen and oxygen atoms in total. The normalized spacial score (nSPS) is 23.4. The highest BCUT2D eigenvalue weighted by Crippen LogP contribution is 2.51. The Balaban J connectivity index is 1.97. The van der Waals surface area contributed by atoms with Crippen molar-refractivity contribution in [2.45, 2.75) is 37.1 Å². The molecule has 3 N–H and O–H groups in total. The van der Waals surface area contributed by atoms with Gasteiger partial charge in [-0.1, -0.05) is 6.07 Å². The van der Waals surface area contributed by atoms with Crippen LogP contribution >= 0.6 is 0 Å². The van der Waals surface area contributed by atoms with Gasteiger partial charge in [0.15, 0.2) is 5.60 Å². The maximum absolute atomic E-state index is 13.7. The number of nitrogens with two attached hydrogens (primary N) is 1. The van der Waals surface area contributed by atoms with Gasteiger partial charge in [0.2, 0.25) is 0 Å². The summed E-state index contributed by atoms with van der Waals surface area (Å²) in [5, 5.41) is 2.42. The van der Waals surface area contributed by atoms with E-state index in [0.29, 0.717) is 0 Å². The number of aromatic nitrogens is 1. The largest absolute Gasteiger partial charge is 0.496 e. The summed E-state index contributed by atoms with van der Waals surface area (Å²) >= 11 is 0. The van der Waals surface area contributed by atoms with Gasteiger partial charge in [0.1, 0.15) is 23.4 Å². The number of primary amides is 1. The van der Waals surface area contributed by atoms with Crippen LogP contribution in [-0.2, 0) is 9.53 Å². The van der Waals surface area contributed by atoms with E-state index in [1.807, 2.05) is 0 Å². The minimum Gasteiger partial charge on any atom is -0.496 e. The molecule has 1 aromatic carbocycles. The Morgan fingerprint density at radius 3 is 2.61 bits per heavy atom. The van der Waals surface area contributed by atoms with E-state index in [1.54, 1.807) is 0 Å². The first kappa shape index (κ1) is 22.5. The number of carbonyl (C=O) groups excluding carboxylic acids is 2. The number of benzene rings is 1. The van der Waals surface area contributed by atoms with Crippen LogP contribution < -0.4 is 15.8 Å².